The van der Waals surface area contributed by atoms with Crippen LogP contribution in [-0.4, -0.2) is 40.6 Å². The molecule has 1 saturated heterocycles. The fraction of sp³-hybridized carbons (Fsp3) is 0.375. The minimum Gasteiger partial charge on any atom is -0.326 e. The van der Waals surface area contributed by atoms with Gasteiger partial charge in [-0.05, 0) is 56.5 Å². The molecule has 1 aromatic heterocycles. The normalized spacial score (nSPS) is 16.3. The number of carbonyl (C=O) groups excluding carboxylic acids is 1. The van der Waals surface area contributed by atoms with Crippen molar-refractivity contribution in [2.75, 3.05) is 25.0 Å². The number of rotatable bonds is 6. The topological polar surface area (TPSA) is 58.1 Å². The molecule has 2 aromatic carbocycles. The first-order chi connectivity index (χ1) is 14.6. The van der Waals surface area contributed by atoms with Gasteiger partial charge < -0.3 is 10.2 Å². The maximum absolute atomic E-state index is 12.8. The highest BCUT2D eigenvalue weighted by Crippen LogP contribution is 2.27. The third-order valence-electron chi connectivity index (χ3n) is 5.76. The number of likely N-dealkylation sites (tertiary alicyclic amines) is 1. The first kappa shape index (κ1) is 20.7. The van der Waals surface area contributed by atoms with E-state index in [1.165, 1.54) is 5.56 Å². The second kappa shape index (κ2) is 9.49. The lowest BCUT2D eigenvalue weighted by Gasteiger charge is -2.33. The maximum Gasteiger partial charge on any atom is 0.227 e. The molecule has 6 heteroatoms. The summed E-state index contributed by atoms with van der Waals surface area (Å²) in [6, 6.07) is 18.5. The van der Waals surface area contributed by atoms with Crippen molar-refractivity contribution < 1.29 is 4.79 Å². The molecular weight excluding hydrogens is 392 g/mol. The lowest BCUT2D eigenvalue weighted by molar-refractivity contribution is -0.121. The van der Waals surface area contributed by atoms with Crippen molar-refractivity contribution in [2.24, 2.45) is 5.92 Å². The highest BCUT2D eigenvalue weighted by atomic mass is 32.1. The van der Waals surface area contributed by atoms with Crippen LogP contribution in [0.1, 0.15) is 36.3 Å². The average Bonchev–Trinajstić information content (AvgIpc) is 3.21. The minimum atomic E-state index is 0.0701. The maximum atomic E-state index is 12.8. The van der Waals surface area contributed by atoms with E-state index in [-0.39, 0.29) is 11.8 Å². The molecule has 0 bridgehead atoms. The molecule has 0 aliphatic carbocycles. The third kappa shape index (κ3) is 5.12. The largest absolute Gasteiger partial charge is 0.326 e. The number of carbonyl (C=O) groups is 1. The summed E-state index contributed by atoms with van der Waals surface area (Å²) in [6.07, 6.45) is 1.81. The molecule has 1 unspecified atom stereocenters. The molecule has 0 spiro atoms. The van der Waals surface area contributed by atoms with Crippen LogP contribution in [0, 0.1) is 12.8 Å². The highest BCUT2D eigenvalue weighted by molar-refractivity contribution is 7.14. The van der Waals surface area contributed by atoms with Gasteiger partial charge in [-0.1, -0.05) is 60.7 Å². The summed E-state index contributed by atoms with van der Waals surface area (Å²) in [6.45, 7) is 7.21. The van der Waals surface area contributed by atoms with E-state index in [0.717, 1.165) is 53.7 Å². The molecule has 1 atom stereocenters. The molecule has 1 aliphatic rings. The fourth-order valence-electron chi connectivity index (χ4n) is 4.04. The predicted molar refractivity (Wildman–Crippen MR) is 123 cm³/mol. The minimum absolute atomic E-state index is 0.0701. The van der Waals surface area contributed by atoms with Crippen molar-refractivity contribution in [1.82, 2.24) is 15.1 Å². The van der Waals surface area contributed by atoms with Gasteiger partial charge in [-0.3, -0.25) is 4.79 Å². The molecule has 0 saturated carbocycles. The molecule has 1 N–H and O–H groups in total. The Balaban J connectivity index is 1.29. The zero-order valence-electron chi connectivity index (χ0n) is 17.5. The number of anilines is 1. The SMILES string of the molecule is Cc1nnc(-c2cccc(NC(=O)C3CCN(CC(C)c4ccccc4)CC3)c2)s1. The molecule has 4 rings (SSSR count). The van der Waals surface area contributed by atoms with E-state index in [1.807, 2.05) is 31.2 Å². The van der Waals surface area contributed by atoms with Crippen LogP contribution in [0.25, 0.3) is 10.6 Å². The molecule has 0 radical (unpaired) electrons. The summed E-state index contributed by atoms with van der Waals surface area (Å²) in [5.41, 5.74) is 3.19. The molecule has 30 heavy (non-hydrogen) atoms. The van der Waals surface area contributed by atoms with Gasteiger partial charge in [0.1, 0.15) is 10.0 Å². The van der Waals surface area contributed by atoms with Gasteiger partial charge >= 0.3 is 0 Å². The van der Waals surface area contributed by atoms with Crippen LogP contribution < -0.4 is 5.32 Å². The van der Waals surface area contributed by atoms with Crippen LogP contribution in [-0.2, 0) is 4.79 Å². The summed E-state index contributed by atoms with van der Waals surface area (Å²) >= 11 is 1.56. The lowest BCUT2D eigenvalue weighted by atomic mass is 9.94. The average molecular weight is 421 g/mol. The number of amides is 1. The van der Waals surface area contributed by atoms with Crippen molar-refractivity contribution in [3.8, 4) is 10.6 Å². The Morgan fingerprint density at radius 2 is 1.90 bits per heavy atom. The van der Waals surface area contributed by atoms with E-state index < -0.39 is 0 Å². The zero-order valence-corrected chi connectivity index (χ0v) is 18.4. The van der Waals surface area contributed by atoms with Gasteiger partial charge in [-0.25, -0.2) is 0 Å². The van der Waals surface area contributed by atoms with Crippen LogP contribution >= 0.6 is 11.3 Å². The second-order valence-corrected chi connectivity index (χ2v) is 9.26. The number of nitrogens with one attached hydrogen (secondary N) is 1. The zero-order chi connectivity index (χ0) is 20.9. The number of benzene rings is 2. The Kier molecular flexibility index (Phi) is 6.55. The monoisotopic (exact) mass is 420 g/mol. The first-order valence-electron chi connectivity index (χ1n) is 10.6. The smallest absolute Gasteiger partial charge is 0.227 e. The van der Waals surface area contributed by atoms with Gasteiger partial charge in [0.25, 0.3) is 0 Å². The van der Waals surface area contributed by atoms with E-state index in [2.05, 4.69) is 57.7 Å². The fourth-order valence-corrected chi connectivity index (χ4v) is 4.73. The van der Waals surface area contributed by atoms with E-state index in [0.29, 0.717) is 5.92 Å². The van der Waals surface area contributed by atoms with Gasteiger partial charge in [-0.2, -0.15) is 0 Å². The van der Waals surface area contributed by atoms with E-state index in [9.17, 15) is 4.79 Å². The molecule has 5 nitrogen and oxygen atoms in total. The quantitative estimate of drug-likeness (QED) is 0.612. The van der Waals surface area contributed by atoms with Crippen LogP contribution in [0.4, 0.5) is 5.69 Å². The Morgan fingerprint density at radius 1 is 1.13 bits per heavy atom. The molecule has 156 valence electrons. The Labute approximate surface area is 182 Å². The second-order valence-electron chi connectivity index (χ2n) is 8.08. The van der Waals surface area contributed by atoms with Gasteiger partial charge in [-0.15, -0.1) is 10.2 Å². The third-order valence-corrected chi connectivity index (χ3v) is 6.65. The molecule has 1 aliphatic heterocycles. The number of aromatic nitrogens is 2. The molecule has 2 heterocycles. The Bertz CT molecular complexity index is 980. The first-order valence-corrected chi connectivity index (χ1v) is 11.4. The van der Waals surface area contributed by atoms with Crippen LogP contribution in [0.5, 0.6) is 0 Å². The van der Waals surface area contributed by atoms with Crippen molar-refractivity contribution in [1.29, 1.82) is 0 Å². The number of hydrogen-bond donors (Lipinski definition) is 1. The van der Waals surface area contributed by atoms with E-state index in [1.54, 1.807) is 11.3 Å². The predicted octanol–water partition coefficient (Wildman–Crippen LogP) is 4.97. The van der Waals surface area contributed by atoms with Crippen LogP contribution in [0.15, 0.2) is 54.6 Å². The summed E-state index contributed by atoms with van der Waals surface area (Å²) in [5.74, 6) is 0.695. The summed E-state index contributed by atoms with van der Waals surface area (Å²) in [7, 11) is 0. The van der Waals surface area contributed by atoms with E-state index in [4.69, 9.17) is 0 Å². The number of hydrogen-bond acceptors (Lipinski definition) is 5. The summed E-state index contributed by atoms with van der Waals surface area (Å²) < 4.78 is 0. The van der Waals surface area contributed by atoms with Crippen molar-refractivity contribution in [3.05, 3.63) is 65.2 Å². The molecule has 1 fully saturated rings. The van der Waals surface area contributed by atoms with Crippen LogP contribution in [0.2, 0.25) is 0 Å². The number of piperidine rings is 1. The highest BCUT2D eigenvalue weighted by Gasteiger charge is 2.26. The van der Waals surface area contributed by atoms with Gasteiger partial charge in [0.15, 0.2) is 0 Å². The van der Waals surface area contributed by atoms with E-state index >= 15 is 0 Å². The van der Waals surface area contributed by atoms with Crippen molar-refractivity contribution in [3.63, 3.8) is 0 Å². The van der Waals surface area contributed by atoms with Crippen LogP contribution in [0.3, 0.4) is 0 Å². The summed E-state index contributed by atoms with van der Waals surface area (Å²) in [4.78, 5) is 15.3. The lowest BCUT2D eigenvalue weighted by Crippen LogP contribution is -2.39. The van der Waals surface area contributed by atoms with Crippen molar-refractivity contribution >= 4 is 22.9 Å². The number of nitrogens with zero attached hydrogens (tertiary/aromatic N) is 3. The van der Waals surface area contributed by atoms with Crippen molar-refractivity contribution in [2.45, 2.75) is 32.6 Å². The molecular formula is C24H28N4OS. The Hall–Kier alpha value is -2.57. The van der Waals surface area contributed by atoms with Gasteiger partial charge in [0.05, 0.1) is 0 Å². The summed E-state index contributed by atoms with van der Waals surface area (Å²) in [5, 5.41) is 13.2. The Morgan fingerprint density at radius 3 is 2.60 bits per heavy atom. The standard InChI is InChI=1S/C24H28N4OS/c1-17(19-7-4-3-5-8-19)16-28-13-11-20(12-14-28)23(29)25-22-10-6-9-21(15-22)24-27-26-18(2)30-24/h3-10,15,17,20H,11-14,16H2,1-2H3,(H,25,29). The number of aryl methyl sites for hydroxylation is 1. The van der Waals surface area contributed by atoms with Gasteiger partial charge in [0, 0.05) is 23.7 Å². The molecule has 3 aromatic rings. The molecule has 1 amide bonds. The van der Waals surface area contributed by atoms with Gasteiger partial charge in [0.2, 0.25) is 5.91 Å².